The van der Waals surface area contributed by atoms with Crippen molar-refractivity contribution >= 4 is 17.7 Å². The molecule has 0 unspecified atom stereocenters. The molecule has 2 N–H and O–H groups in total. The number of benzene rings is 1. The first-order valence-electron chi connectivity index (χ1n) is 5.99. The van der Waals surface area contributed by atoms with Crippen LogP contribution in [0.25, 0.3) is 0 Å². The molecule has 1 saturated heterocycles. The Morgan fingerprint density at radius 2 is 2.12 bits per heavy atom. The molecule has 1 aliphatic rings. The minimum Gasteiger partial charge on any atom is -0.342 e. The molecule has 0 aromatic heterocycles. The van der Waals surface area contributed by atoms with Crippen molar-refractivity contribution in [3.05, 3.63) is 29.8 Å². The van der Waals surface area contributed by atoms with Crippen LogP contribution in [-0.4, -0.2) is 29.6 Å². The van der Waals surface area contributed by atoms with Crippen molar-refractivity contribution in [1.82, 2.24) is 4.90 Å². The lowest BCUT2D eigenvalue weighted by Gasteiger charge is -2.14. The van der Waals surface area contributed by atoms with E-state index in [0.29, 0.717) is 12.3 Å². The maximum absolute atomic E-state index is 11.9. The van der Waals surface area contributed by atoms with Gasteiger partial charge in [-0.25, -0.2) is 0 Å². The highest BCUT2D eigenvalue weighted by molar-refractivity contribution is 8.00. The topological polar surface area (TPSA) is 46.3 Å². The van der Waals surface area contributed by atoms with Gasteiger partial charge in [0.05, 0.1) is 5.75 Å². The van der Waals surface area contributed by atoms with Gasteiger partial charge in [0.25, 0.3) is 0 Å². The second-order valence-corrected chi connectivity index (χ2v) is 5.28. The van der Waals surface area contributed by atoms with E-state index in [1.54, 1.807) is 11.8 Å². The number of likely N-dealkylation sites (tertiary alicyclic amines) is 1. The molecule has 4 heteroatoms. The van der Waals surface area contributed by atoms with Crippen LogP contribution in [0.5, 0.6) is 0 Å². The maximum atomic E-state index is 11.9. The molecule has 1 heterocycles. The third-order valence-corrected chi connectivity index (χ3v) is 3.93. The van der Waals surface area contributed by atoms with Gasteiger partial charge < -0.3 is 10.6 Å². The lowest BCUT2D eigenvalue weighted by molar-refractivity contribution is -0.127. The standard InChI is InChI=1S/C13H18N2OS/c14-9-11-4-3-5-12(8-11)17-10-13(16)15-6-1-2-7-15/h3-5,8H,1-2,6-7,9-10,14H2. The molecule has 0 aliphatic carbocycles. The fourth-order valence-corrected chi connectivity index (χ4v) is 2.85. The summed E-state index contributed by atoms with van der Waals surface area (Å²) in [4.78, 5) is 14.9. The second kappa shape index (κ2) is 6.07. The number of rotatable bonds is 4. The van der Waals surface area contributed by atoms with Crippen LogP contribution >= 0.6 is 11.8 Å². The number of nitrogens with two attached hydrogens (primary N) is 1. The Morgan fingerprint density at radius 3 is 2.82 bits per heavy atom. The van der Waals surface area contributed by atoms with Crippen LogP contribution in [0.3, 0.4) is 0 Å². The van der Waals surface area contributed by atoms with Crippen LogP contribution < -0.4 is 5.73 Å². The van der Waals surface area contributed by atoms with Crippen molar-refractivity contribution in [2.24, 2.45) is 5.73 Å². The van der Waals surface area contributed by atoms with Crippen molar-refractivity contribution in [3.63, 3.8) is 0 Å². The van der Waals surface area contributed by atoms with Crippen LogP contribution in [0.1, 0.15) is 18.4 Å². The van der Waals surface area contributed by atoms with Crippen molar-refractivity contribution in [3.8, 4) is 0 Å². The van der Waals surface area contributed by atoms with E-state index in [2.05, 4.69) is 6.07 Å². The number of nitrogens with zero attached hydrogens (tertiary/aromatic N) is 1. The summed E-state index contributed by atoms with van der Waals surface area (Å²) in [5.74, 6) is 0.791. The number of hydrogen-bond acceptors (Lipinski definition) is 3. The number of thioether (sulfide) groups is 1. The van der Waals surface area contributed by atoms with Gasteiger partial charge in [-0.1, -0.05) is 12.1 Å². The van der Waals surface area contributed by atoms with Crippen LogP contribution in [0, 0.1) is 0 Å². The van der Waals surface area contributed by atoms with Gasteiger partial charge in [0, 0.05) is 24.5 Å². The zero-order chi connectivity index (χ0) is 12.1. The Kier molecular flexibility index (Phi) is 4.45. The van der Waals surface area contributed by atoms with E-state index in [-0.39, 0.29) is 5.91 Å². The van der Waals surface area contributed by atoms with Crippen molar-refractivity contribution < 1.29 is 4.79 Å². The summed E-state index contributed by atoms with van der Waals surface area (Å²) in [6, 6.07) is 8.08. The van der Waals surface area contributed by atoms with Gasteiger partial charge in [-0.05, 0) is 30.5 Å². The number of carbonyl (C=O) groups excluding carboxylic acids is 1. The highest BCUT2D eigenvalue weighted by Gasteiger charge is 2.17. The van der Waals surface area contributed by atoms with Crippen LogP contribution in [0.15, 0.2) is 29.2 Å². The van der Waals surface area contributed by atoms with E-state index < -0.39 is 0 Å². The molecule has 3 nitrogen and oxygen atoms in total. The quantitative estimate of drug-likeness (QED) is 0.830. The lowest BCUT2D eigenvalue weighted by Crippen LogP contribution is -2.29. The molecule has 2 rings (SSSR count). The maximum Gasteiger partial charge on any atom is 0.232 e. The van der Waals surface area contributed by atoms with Gasteiger partial charge in [0.2, 0.25) is 5.91 Å². The average Bonchev–Trinajstić information content (AvgIpc) is 2.90. The normalized spacial score (nSPS) is 15.2. The van der Waals surface area contributed by atoms with E-state index in [1.165, 1.54) is 0 Å². The van der Waals surface area contributed by atoms with Gasteiger partial charge in [-0.2, -0.15) is 0 Å². The Hall–Kier alpha value is -1.00. The van der Waals surface area contributed by atoms with E-state index in [0.717, 1.165) is 36.4 Å². The highest BCUT2D eigenvalue weighted by atomic mass is 32.2. The molecule has 0 spiro atoms. The summed E-state index contributed by atoms with van der Waals surface area (Å²) in [5.41, 5.74) is 6.70. The predicted molar refractivity (Wildman–Crippen MR) is 70.9 cm³/mol. The molecule has 1 amide bonds. The molecular weight excluding hydrogens is 232 g/mol. The Morgan fingerprint density at radius 1 is 1.35 bits per heavy atom. The smallest absolute Gasteiger partial charge is 0.232 e. The minimum atomic E-state index is 0.255. The number of carbonyl (C=O) groups is 1. The molecule has 17 heavy (non-hydrogen) atoms. The zero-order valence-corrected chi connectivity index (χ0v) is 10.7. The third-order valence-electron chi connectivity index (χ3n) is 2.96. The van der Waals surface area contributed by atoms with Gasteiger partial charge >= 0.3 is 0 Å². The molecule has 0 atom stereocenters. The predicted octanol–water partition coefficient (Wildman–Crippen LogP) is 1.86. The summed E-state index contributed by atoms with van der Waals surface area (Å²) in [5, 5.41) is 0. The molecule has 1 fully saturated rings. The number of amides is 1. The molecule has 0 bridgehead atoms. The Labute approximate surface area is 106 Å². The SMILES string of the molecule is NCc1cccc(SCC(=O)N2CCCC2)c1. The van der Waals surface area contributed by atoms with E-state index in [9.17, 15) is 4.79 Å². The minimum absolute atomic E-state index is 0.255. The van der Waals surface area contributed by atoms with E-state index in [4.69, 9.17) is 5.73 Å². The summed E-state index contributed by atoms with van der Waals surface area (Å²) in [6.07, 6.45) is 2.30. The van der Waals surface area contributed by atoms with Gasteiger partial charge in [0.15, 0.2) is 0 Å². The Balaban J connectivity index is 1.86. The van der Waals surface area contributed by atoms with Gasteiger partial charge in [-0.15, -0.1) is 11.8 Å². The first kappa shape index (κ1) is 12.5. The summed E-state index contributed by atoms with van der Waals surface area (Å²) >= 11 is 1.60. The van der Waals surface area contributed by atoms with E-state index >= 15 is 0 Å². The second-order valence-electron chi connectivity index (χ2n) is 4.23. The van der Waals surface area contributed by atoms with E-state index in [1.807, 2.05) is 23.1 Å². The third kappa shape index (κ3) is 3.48. The first-order valence-corrected chi connectivity index (χ1v) is 6.98. The summed E-state index contributed by atoms with van der Waals surface area (Å²) < 4.78 is 0. The molecule has 1 aromatic rings. The summed E-state index contributed by atoms with van der Waals surface area (Å²) in [7, 11) is 0. The monoisotopic (exact) mass is 250 g/mol. The summed E-state index contributed by atoms with van der Waals surface area (Å²) in [6.45, 7) is 2.42. The Bertz CT molecular complexity index is 389. The molecule has 92 valence electrons. The van der Waals surface area contributed by atoms with Crippen LogP contribution in [0.2, 0.25) is 0 Å². The largest absolute Gasteiger partial charge is 0.342 e. The molecule has 1 aromatic carbocycles. The van der Waals surface area contributed by atoms with Crippen molar-refractivity contribution in [2.45, 2.75) is 24.3 Å². The zero-order valence-electron chi connectivity index (χ0n) is 9.89. The fraction of sp³-hybridized carbons (Fsp3) is 0.462. The van der Waals surface area contributed by atoms with Crippen molar-refractivity contribution in [2.75, 3.05) is 18.8 Å². The lowest BCUT2D eigenvalue weighted by atomic mass is 10.2. The molecule has 0 saturated carbocycles. The van der Waals surface area contributed by atoms with Gasteiger partial charge in [-0.3, -0.25) is 4.79 Å². The van der Waals surface area contributed by atoms with Crippen LogP contribution in [0.4, 0.5) is 0 Å². The van der Waals surface area contributed by atoms with Crippen LogP contribution in [-0.2, 0) is 11.3 Å². The average molecular weight is 250 g/mol. The molecule has 0 radical (unpaired) electrons. The van der Waals surface area contributed by atoms with Crippen molar-refractivity contribution in [1.29, 1.82) is 0 Å². The first-order chi connectivity index (χ1) is 8.29. The molecule has 1 aliphatic heterocycles. The highest BCUT2D eigenvalue weighted by Crippen LogP contribution is 2.20. The van der Waals surface area contributed by atoms with Gasteiger partial charge in [0.1, 0.15) is 0 Å². The fourth-order valence-electron chi connectivity index (χ4n) is 1.97. The molecular formula is C13H18N2OS. The number of hydrogen-bond donors (Lipinski definition) is 1.